The Morgan fingerprint density at radius 1 is 1.33 bits per heavy atom. The van der Waals surface area contributed by atoms with Crippen LogP contribution in [0.1, 0.15) is 36.9 Å². The molecule has 4 nitrogen and oxygen atoms in total. The first-order valence-electron chi connectivity index (χ1n) is 7.18. The van der Waals surface area contributed by atoms with Gasteiger partial charge in [-0.15, -0.1) is 0 Å². The highest BCUT2D eigenvalue weighted by Gasteiger charge is 2.43. The summed E-state index contributed by atoms with van der Waals surface area (Å²) in [6.07, 6.45) is 1.15. The van der Waals surface area contributed by atoms with Gasteiger partial charge in [0.25, 0.3) is 0 Å². The minimum absolute atomic E-state index is 0.191. The first-order valence-corrected chi connectivity index (χ1v) is 7.18. The Bertz CT molecular complexity index is 485. The summed E-state index contributed by atoms with van der Waals surface area (Å²) in [5.41, 5.74) is 2.38. The SMILES string of the molecule is CCOC1(C(NN)c2ccc(C)c(F)c2F)CCOCC1. The van der Waals surface area contributed by atoms with Crippen molar-refractivity contribution >= 4 is 0 Å². The molecule has 1 aromatic rings. The summed E-state index contributed by atoms with van der Waals surface area (Å²) >= 11 is 0. The molecular weight excluding hydrogens is 278 g/mol. The number of rotatable bonds is 5. The van der Waals surface area contributed by atoms with Crippen molar-refractivity contribution in [3.8, 4) is 0 Å². The average Bonchev–Trinajstić information content (AvgIpc) is 2.49. The van der Waals surface area contributed by atoms with Gasteiger partial charge in [0.1, 0.15) is 0 Å². The van der Waals surface area contributed by atoms with Crippen LogP contribution in [0, 0.1) is 18.6 Å². The molecule has 1 fully saturated rings. The van der Waals surface area contributed by atoms with Crippen molar-refractivity contribution in [1.82, 2.24) is 5.43 Å². The molecule has 0 radical (unpaired) electrons. The lowest BCUT2D eigenvalue weighted by Crippen LogP contribution is -2.52. The number of hydrogen-bond acceptors (Lipinski definition) is 4. The number of aryl methyl sites for hydroxylation is 1. The molecule has 0 aliphatic carbocycles. The molecule has 1 aliphatic rings. The minimum Gasteiger partial charge on any atom is -0.381 e. The van der Waals surface area contributed by atoms with Gasteiger partial charge < -0.3 is 9.47 Å². The normalized spacial score (nSPS) is 19.5. The van der Waals surface area contributed by atoms with E-state index in [1.54, 1.807) is 12.1 Å². The number of benzene rings is 1. The van der Waals surface area contributed by atoms with Crippen LogP contribution in [-0.4, -0.2) is 25.4 Å². The van der Waals surface area contributed by atoms with Crippen LogP contribution in [0.25, 0.3) is 0 Å². The highest BCUT2D eigenvalue weighted by molar-refractivity contribution is 5.30. The molecule has 118 valence electrons. The van der Waals surface area contributed by atoms with Crippen LogP contribution in [0.4, 0.5) is 8.78 Å². The van der Waals surface area contributed by atoms with Crippen LogP contribution < -0.4 is 11.3 Å². The van der Waals surface area contributed by atoms with Crippen molar-refractivity contribution in [3.63, 3.8) is 0 Å². The van der Waals surface area contributed by atoms with Crippen molar-refractivity contribution < 1.29 is 18.3 Å². The van der Waals surface area contributed by atoms with Crippen molar-refractivity contribution in [3.05, 3.63) is 34.9 Å². The fourth-order valence-electron chi connectivity index (χ4n) is 2.93. The number of nitrogens with two attached hydrogens (primary N) is 1. The third-order valence-electron chi connectivity index (χ3n) is 4.08. The molecule has 6 heteroatoms. The quantitative estimate of drug-likeness (QED) is 0.647. The number of hydrogen-bond donors (Lipinski definition) is 2. The van der Waals surface area contributed by atoms with Crippen LogP contribution in [-0.2, 0) is 9.47 Å². The number of hydrazine groups is 1. The highest BCUT2D eigenvalue weighted by atomic mass is 19.2. The van der Waals surface area contributed by atoms with E-state index in [0.717, 1.165) is 0 Å². The van der Waals surface area contributed by atoms with E-state index < -0.39 is 23.3 Å². The van der Waals surface area contributed by atoms with Gasteiger partial charge in [-0.1, -0.05) is 12.1 Å². The Balaban J connectivity index is 2.43. The van der Waals surface area contributed by atoms with Gasteiger partial charge >= 0.3 is 0 Å². The second-order valence-electron chi connectivity index (χ2n) is 5.31. The Hall–Kier alpha value is -1.08. The van der Waals surface area contributed by atoms with E-state index in [-0.39, 0.29) is 11.1 Å². The van der Waals surface area contributed by atoms with E-state index in [1.165, 1.54) is 6.92 Å². The maximum atomic E-state index is 14.3. The highest BCUT2D eigenvalue weighted by Crippen LogP contribution is 2.39. The summed E-state index contributed by atoms with van der Waals surface area (Å²) in [4.78, 5) is 0. The zero-order chi connectivity index (χ0) is 15.5. The first-order chi connectivity index (χ1) is 10.1. The molecule has 0 saturated carbocycles. The molecule has 1 aliphatic heterocycles. The van der Waals surface area contributed by atoms with Crippen molar-refractivity contribution in [2.75, 3.05) is 19.8 Å². The van der Waals surface area contributed by atoms with E-state index >= 15 is 0 Å². The molecule has 3 N–H and O–H groups in total. The van der Waals surface area contributed by atoms with Crippen LogP contribution in [0.3, 0.4) is 0 Å². The number of ether oxygens (including phenoxy) is 2. The Morgan fingerprint density at radius 3 is 2.57 bits per heavy atom. The maximum absolute atomic E-state index is 14.3. The van der Waals surface area contributed by atoms with Crippen molar-refractivity contribution in [2.24, 2.45) is 5.84 Å². The minimum atomic E-state index is -0.872. The summed E-state index contributed by atoms with van der Waals surface area (Å²) in [6, 6.07) is 2.49. The second kappa shape index (κ2) is 6.79. The lowest BCUT2D eigenvalue weighted by Gasteiger charge is -2.43. The van der Waals surface area contributed by atoms with E-state index in [9.17, 15) is 8.78 Å². The maximum Gasteiger partial charge on any atom is 0.164 e. The van der Waals surface area contributed by atoms with Crippen molar-refractivity contribution in [2.45, 2.75) is 38.3 Å². The smallest absolute Gasteiger partial charge is 0.164 e. The molecule has 0 amide bonds. The second-order valence-corrected chi connectivity index (χ2v) is 5.31. The lowest BCUT2D eigenvalue weighted by molar-refractivity contribution is -0.128. The fraction of sp³-hybridized carbons (Fsp3) is 0.600. The summed E-state index contributed by atoms with van der Waals surface area (Å²) in [5.74, 6) is 3.94. The third-order valence-corrected chi connectivity index (χ3v) is 4.08. The van der Waals surface area contributed by atoms with Gasteiger partial charge in [-0.05, 0) is 19.4 Å². The van der Waals surface area contributed by atoms with Gasteiger partial charge in [-0.3, -0.25) is 5.84 Å². The molecule has 0 aromatic heterocycles. The van der Waals surface area contributed by atoms with Gasteiger partial charge in [-0.25, -0.2) is 14.2 Å². The summed E-state index contributed by atoms with van der Waals surface area (Å²) < 4.78 is 39.4. The van der Waals surface area contributed by atoms with Crippen LogP contribution in [0.15, 0.2) is 12.1 Å². The molecule has 0 spiro atoms. The van der Waals surface area contributed by atoms with E-state index in [2.05, 4.69) is 5.43 Å². The van der Waals surface area contributed by atoms with Gasteiger partial charge in [-0.2, -0.15) is 0 Å². The third kappa shape index (κ3) is 3.08. The Morgan fingerprint density at radius 2 is 2.00 bits per heavy atom. The average molecular weight is 300 g/mol. The molecule has 1 saturated heterocycles. The molecule has 21 heavy (non-hydrogen) atoms. The summed E-state index contributed by atoms with van der Waals surface area (Å²) in [5, 5.41) is 0. The van der Waals surface area contributed by atoms with Crippen LogP contribution in [0.2, 0.25) is 0 Å². The van der Waals surface area contributed by atoms with E-state index in [0.29, 0.717) is 32.7 Å². The zero-order valence-corrected chi connectivity index (χ0v) is 12.4. The van der Waals surface area contributed by atoms with Crippen LogP contribution >= 0.6 is 0 Å². The Kier molecular flexibility index (Phi) is 5.27. The van der Waals surface area contributed by atoms with E-state index in [1.807, 2.05) is 6.92 Å². The molecule has 2 rings (SSSR count). The zero-order valence-electron chi connectivity index (χ0n) is 12.4. The number of halogens is 2. The first kappa shape index (κ1) is 16.3. The van der Waals surface area contributed by atoms with Gasteiger partial charge in [0.05, 0.1) is 11.6 Å². The molecule has 0 bridgehead atoms. The molecule has 1 unspecified atom stereocenters. The summed E-state index contributed by atoms with van der Waals surface area (Å²) in [6.45, 7) is 4.88. The van der Waals surface area contributed by atoms with Gasteiger partial charge in [0, 0.05) is 38.2 Å². The van der Waals surface area contributed by atoms with E-state index in [4.69, 9.17) is 15.3 Å². The Labute approximate surface area is 123 Å². The predicted molar refractivity (Wildman–Crippen MR) is 75.6 cm³/mol. The monoisotopic (exact) mass is 300 g/mol. The summed E-state index contributed by atoms with van der Waals surface area (Å²) in [7, 11) is 0. The standard InChI is InChI=1S/C15H22F2N2O2/c1-3-21-15(6-8-20-9-7-15)14(19-18)11-5-4-10(2)12(16)13(11)17/h4-5,14,19H,3,6-9,18H2,1-2H3. The lowest BCUT2D eigenvalue weighted by atomic mass is 9.82. The van der Waals surface area contributed by atoms with Gasteiger partial charge in [0.15, 0.2) is 11.6 Å². The topological polar surface area (TPSA) is 56.5 Å². The molecule has 1 atom stereocenters. The largest absolute Gasteiger partial charge is 0.381 e. The van der Waals surface area contributed by atoms with Crippen LogP contribution in [0.5, 0.6) is 0 Å². The molecule has 1 heterocycles. The predicted octanol–water partition coefficient (Wildman–Crippen LogP) is 2.36. The number of nitrogens with one attached hydrogen (secondary N) is 1. The fourth-order valence-corrected chi connectivity index (χ4v) is 2.93. The van der Waals surface area contributed by atoms with Crippen molar-refractivity contribution in [1.29, 1.82) is 0 Å². The molecular formula is C15H22F2N2O2. The van der Waals surface area contributed by atoms with Gasteiger partial charge in [0.2, 0.25) is 0 Å². The molecule has 1 aromatic carbocycles.